The first-order valence-electron chi connectivity index (χ1n) is 16.6. The van der Waals surface area contributed by atoms with Crippen molar-refractivity contribution in [2.45, 2.75) is 51.2 Å². The van der Waals surface area contributed by atoms with Gasteiger partial charge in [-0.2, -0.15) is 22.3 Å². The van der Waals surface area contributed by atoms with E-state index in [0.29, 0.717) is 12.1 Å². The minimum atomic E-state index is -3.46. The largest absolute Gasteiger partial charge is 0.619 e. The molecule has 3 aliphatic heterocycles. The zero-order chi connectivity index (χ0) is 38.7. The molecule has 7 rings (SSSR count). The van der Waals surface area contributed by atoms with Crippen molar-refractivity contribution < 1.29 is 55.2 Å². The molecule has 3 aromatic carbocycles. The van der Waals surface area contributed by atoms with Crippen LogP contribution in [0.15, 0.2) is 79.1 Å². The molecule has 2 bridgehead atoms. The number of aromatic nitrogens is 1. The van der Waals surface area contributed by atoms with Gasteiger partial charge in [-0.3, -0.25) is 9.80 Å². The molecule has 1 amide bonds. The Hall–Kier alpha value is -4.86. The topological polar surface area (TPSA) is 104 Å². The Balaban J connectivity index is 1.33. The summed E-state index contributed by atoms with van der Waals surface area (Å²) in [5, 5.41) is 11.5. The summed E-state index contributed by atoms with van der Waals surface area (Å²) >= 11 is 12.9. The quantitative estimate of drug-likeness (QED) is 0.0611. The van der Waals surface area contributed by atoms with Gasteiger partial charge in [-0.25, -0.2) is 14.0 Å². The second kappa shape index (κ2) is 16.2. The van der Waals surface area contributed by atoms with Crippen molar-refractivity contribution in [3.8, 4) is 11.5 Å². The molecule has 0 radical (unpaired) electrons. The van der Waals surface area contributed by atoms with Crippen LogP contribution >= 0.6 is 23.2 Å². The van der Waals surface area contributed by atoms with Gasteiger partial charge in [0.05, 0.1) is 17.8 Å². The summed E-state index contributed by atoms with van der Waals surface area (Å²) in [6, 6.07) is 14.5. The van der Waals surface area contributed by atoms with Gasteiger partial charge in [-0.05, 0) is 80.7 Å². The van der Waals surface area contributed by atoms with Gasteiger partial charge in [0.15, 0.2) is 29.5 Å². The van der Waals surface area contributed by atoms with E-state index in [9.17, 15) is 32.4 Å². The van der Waals surface area contributed by atoms with Crippen molar-refractivity contribution in [2.24, 2.45) is 5.92 Å². The third-order valence-electron chi connectivity index (χ3n) is 9.37. The average Bonchev–Trinajstić information content (AvgIpc) is 3.11. The van der Waals surface area contributed by atoms with Gasteiger partial charge in [-0.1, -0.05) is 53.5 Å². The molecule has 10 nitrogen and oxygen atoms in total. The second-order valence-corrected chi connectivity index (χ2v) is 13.6. The Morgan fingerprint density at radius 2 is 1.61 bits per heavy atom. The van der Waals surface area contributed by atoms with Gasteiger partial charge in [0, 0.05) is 17.7 Å². The van der Waals surface area contributed by atoms with Crippen LogP contribution < -0.4 is 19.1 Å². The summed E-state index contributed by atoms with van der Waals surface area (Å²) in [5.74, 6) is -3.09. The number of rotatable bonds is 12. The van der Waals surface area contributed by atoms with E-state index in [0.717, 1.165) is 61.4 Å². The highest BCUT2D eigenvalue weighted by Crippen LogP contribution is 2.44. The van der Waals surface area contributed by atoms with Crippen LogP contribution in [0, 0.1) is 16.9 Å². The average molecular weight is 797 g/mol. The van der Waals surface area contributed by atoms with Crippen LogP contribution in [0.3, 0.4) is 0 Å². The number of fused-ring (bicyclic) bond motifs is 3. The Morgan fingerprint density at radius 3 is 2.24 bits per heavy atom. The molecule has 17 heteroatoms. The van der Waals surface area contributed by atoms with Crippen LogP contribution in [0.1, 0.15) is 46.8 Å². The third kappa shape index (κ3) is 8.58. The molecule has 3 aliphatic rings. The number of halogens is 7. The number of hydrogen-bond donors (Lipinski definition) is 0. The fourth-order valence-corrected chi connectivity index (χ4v) is 7.58. The number of carbonyl (C=O) groups is 2. The SMILES string of the molecule is C[C@@](OC(=O)c1cccc(CN(C(=O)O[C@H]2CN3CCC2CC3)c2ccccc2F)c1)(c1ccc(OC(F)F)c(OC(F)F)c1)c1c(Cl)c[n+]([O-])cc1Cl. The Kier molecular flexibility index (Phi) is 11.7. The Morgan fingerprint density at radius 1 is 0.944 bits per heavy atom. The molecule has 4 heterocycles. The molecular formula is C37H32Cl2F5N3O7. The highest BCUT2D eigenvalue weighted by atomic mass is 35.5. The van der Waals surface area contributed by atoms with Crippen LogP contribution in [0.25, 0.3) is 0 Å². The first-order valence-corrected chi connectivity index (χ1v) is 17.4. The first-order chi connectivity index (χ1) is 25.7. The van der Waals surface area contributed by atoms with Crippen molar-refractivity contribution in [1.82, 2.24) is 4.90 Å². The number of carbonyl (C=O) groups excluding carboxylic acids is 2. The molecule has 0 saturated carbocycles. The molecular weight excluding hydrogens is 764 g/mol. The maximum Gasteiger partial charge on any atom is 0.415 e. The lowest BCUT2D eigenvalue weighted by Gasteiger charge is -2.44. The fraction of sp³-hybridized carbons (Fsp3) is 0.324. The summed E-state index contributed by atoms with van der Waals surface area (Å²) in [5.41, 5.74) is -2.15. The number of piperidine rings is 3. The molecule has 3 fully saturated rings. The first kappa shape index (κ1) is 38.9. The van der Waals surface area contributed by atoms with E-state index in [4.69, 9.17) is 32.7 Å². The van der Waals surface area contributed by atoms with E-state index in [1.165, 1.54) is 43.3 Å². The zero-order valence-corrected chi connectivity index (χ0v) is 29.9. The van der Waals surface area contributed by atoms with Crippen LogP contribution in [-0.4, -0.2) is 55.9 Å². The highest BCUT2D eigenvalue weighted by molar-refractivity contribution is 6.35. The summed E-state index contributed by atoms with van der Waals surface area (Å²) in [7, 11) is 0. The number of anilines is 1. The van der Waals surface area contributed by atoms with E-state index in [-0.39, 0.29) is 55.7 Å². The molecule has 4 aromatic rings. The number of pyridine rings is 1. The number of amides is 1. The van der Waals surface area contributed by atoms with Crippen LogP contribution in [0.2, 0.25) is 10.0 Å². The smallest absolute Gasteiger partial charge is 0.415 e. The maximum atomic E-state index is 15.2. The highest BCUT2D eigenvalue weighted by Gasteiger charge is 2.41. The van der Waals surface area contributed by atoms with Crippen molar-refractivity contribution in [1.29, 1.82) is 0 Å². The van der Waals surface area contributed by atoms with Gasteiger partial charge in [0.2, 0.25) is 0 Å². The van der Waals surface area contributed by atoms with E-state index in [1.54, 1.807) is 12.1 Å². The molecule has 0 N–H and O–H groups in total. The lowest BCUT2D eigenvalue weighted by atomic mass is 9.86. The minimum Gasteiger partial charge on any atom is -0.619 e. The molecule has 286 valence electrons. The molecule has 54 heavy (non-hydrogen) atoms. The Bertz CT molecular complexity index is 2000. The number of ether oxygens (including phenoxy) is 4. The van der Waals surface area contributed by atoms with Crippen molar-refractivity contribution in [2.75, 3.05) is 24.5 Å². The van der Waals surface area contributed by atoms with E-state index in [2.05, 4.69) is 14.4 Å². The number of para-hydroxylation sites is 1. The fourth-order valence-electron chi connectivity index (χ4n) is 6.78. The summed E-state index contributed by atoms with van der Waals surface area (Å²) in [6.07, 6.45) is 2.43. The Labute approximate surface area is 316 Å². The monoisotopic (exact) mass is 795 g/mol. The van der Waals surface area contributed by atoms with Gasteiger partial charge in [-0.15, -0.1) is 0 Å². The van der Waals surface area contributed by atoms with Crippen LogP contribution in [0.5, 0.6) is 11.5 Å². The van der Waals surface area contributed by atoms with Gasteiger partial charge >= 0.3 is 25.3 Å². The van der Waals surface area contributed by atoms with Gasteiger partial charge < -0.3 is 24.2 Å². The predicted octanol–water partition coefficient (Wildman–Crippen LogP) is 8.33. The zero-order valence-electron chi connectivity index (χ0n) is 28.4. The molecule has 2 atom stereocenters. The minimum absolute atomic E-state index is 0.0469. The second-order valence-electron chi connectivity index (χ2n) is 12.8. The van der Waals surface area contributed by atoms with E-state index >= 15 is 4.39 Å². The van der Waals surface area contributed by atoms with Crippen molar-refractivity contribution >= 4 is 41.0 Å². The molecule has 0 aliphatic carbocycles. The maximum absolute atomic E-state index is 15.2. The normalized spacial score (nSPS) is 19.0. The van der Waals surface area contributed by atoms with Crippen LogP contribution in [-0.2, 0) is 21.6 Å². The number of esters is 1. The van der Waals surface area contributed by atoms with Gasteiger partial charge in [0.1, 0.15) is 22.0 Å². The lowest BCUT2D eigenvalue weighted by molar-refractivity contribution is -0.605. The summed E-state index contributed by atoms with van der Waals surface area (Å²) in [4.78, 5) is 31.0. The number of nitrogens with zero attached hydrogens (tertiary/aromatic N) is 3. The predicted molar refractivity (Wildman–Crippen MR) is 185 cm³/mol. The number of benzene rings is 3. The van der Waals surface area contributed by atoms with Crippen molar-refractivity contribution in [3.63, 3.8) is 0 Å². The number of hydrogen-bond acceptors (Lipinski definition) is 8. The standard InChI is InChI=1S/C37H32Cl2F5N3O7/c1-37(32-25(38)18-46(50)19-26(32)39,24-9-10-29(51-34(41)42)30(16-24)52-35(43)44)54-33(48)23-6-4-5-21(15-23)17-47(28-8-3-2-7-27(28)40)36(49)53-31-20-45-13-11-22(31)12-14-45/h2-10,15-16,18-19,22,31,34-35H,11-14,17,20H2,1H3/t31-,37+/m0/s1. The van der Waals surface area contributed by atoms with Gasteiger partial charge in [0.25, 0.3) is 0 Å². The van der Waals surface area contributed by atoms with Crippen molar-refractivity contribution in [3.05, 3.63) is 122 Å². The lowest BCUT2D eigenvalue weighted by Crippen LogP contribution is -2.53. The third-order valence-corrected chi connectivity index (χ3v) is 9.95. The molecule has 0 unspecified atom stereocenters. The molecule has 1 aromatic heterocycles. The molecule has 0 spiro atoms. The van der Waals surface area contributed by atoms with Crippen LogP contribution in [0.4, 0.5) is 32.4 Å². The summed E-state index contributed by atoms with van der Waals surface area (Å²) in [6.45, 7) is -3.38. The van der Waals surface area contributed by atoms with E-state index < -0.39 is 48.2 Å². The number of alkyl halides is 4. The molecule has 3 saturated heterocycles. The van der Waals surface area contributed by atoms with E-state index in [1.807, 2.05) is 0 Å². The summed E-state index contributed by atoms with van der Waals surface area (Å²) < 4.78 is 89.1.